The van der Waals surface area contributed by atoms with Gasteiger partial charge in [-0.1, -0.05) is 26.2 Å². The van der Waals surface area contributed by atoms with Crippen LogP contribution in [-0.4, -0.2) is 16.1 Å². The van der Waals surface area contributed by atoms with Crippen molar-refractivity contribution >= 4 is 0 Å². The zero-order valence-electron chi connectivity index (χ0n) is 10.4. The summed E-state index contributed by atoms with van der Waals surface area (Å²) in [5.41, 5.74) is 1.22. The molecule has 3 heteroatoms. The third-order valence-electron chi connectivity index (χ3n) is 3.59. The lowest BCUT2D eigenvalue weighted by Gasteiger charge is -2.29. The number of hydrogen-bond acceptors (Lipinski definition) is 2. The van der Waals surface area contributed by atoms with E-state index in [1.54, 1.807) is 0 Å². The van der Waals surface area contributed by atoms with Gasteiger partial charge in [0.2, 0.25) is 0 Å². The van der Waals surface area contributed by atoms with Crippen molar-refractivity contribution in [1.29, 1.82) is 0 Å². The zero-order valence-corrected chi connectivity index (χ0v) is 10.4. The molecule has 90 valence electrons. The third kappa shape index (κ3) is 2.64. The maximum absolute atomic E-state index is 4.51. The van der Waals surface area contributed by atoms with Crippen LogP contribution in [0, 0.1) is 5.92 Å². The Balaban J connectivity index is 2.09. The van der Waals surface area contributed by atoms with E-state index in [2.05, 4.69) is 23.4 Å². The summed E-state index contributed by atoms with van der Waals surface area (Å²) in [6, 6.07) is 0.464. The van der Waals surface area contributed by atoms with Crippen LogP contribution in [0.25, 0.3) is 0 Å². The topological polar surface area (TPSA) is 29.9 Å². The van der Waals surface area contributed by atoms with Crippen LogP contribution < -0.4 is 5.32 Å². The van der Waals surface area contributed by atoms with Gasteiger partial charge >= 0.3 is 0 Å². The Hall–Kier alpha value is -0.830. The van der Waals surface area contributed by atoms with Crippen molar-refractivity contribution in [2.24, 2.45) is 13.0 Å². The molecule has 1 fully saturated rings. The first-order chi connectivity index (χ1) is 7.81. The average Bonchev–Trinajstić information content (AvgIpc) is 2.74. The number of aryl methyl sites for hydroxylation is 1. The van der Waals surface area contributed by atoms with Crippen molar-refractivity contribution < 1.29 is 0 Å². The zero-order chi connectivity index (χ0) is 11.4. The van der Waals surface area contributed by atoms with Gasteiger partial charge in [-0.2, -0.15) is 0 Å². The summed E-state index contributed by atoms with van der Waals surface area (Å²) >= 11 is 0. The maximum atomic E-state index is 4.51. The van der Waals surface area contributed by atoms with Crippen molar-refractivity contribution in [3.63, 3.8) is 0 Å². The highest BCUT2D eigenvalue weighted by Crippen LogP contribution is 2.33. The second kappa shape index (κ2) is 5.48. The number of nitrogens with one attached hydrogen (secondary N) is 1. The van der Waals surface area contributed by atoms with Crippen LogP contribution in [0.5, 0.6) is 0 Å². The maximum Gasteiger partial charge on any atom is 0.0947 e. The van der Waals surface area contributed by atoms with Gasteiger partial charge in [-0.25, -0.2) is 4.98 Å². The first kappa shape index (κ1) is 11.6. The van der Waals surface area contributed by atoms with Gasteiger partial charge in [0, 0.05) is 13.2 Å². The molecule has 0 bridgehead atoms. The predicted octanol–water partition coefficient (Wildman–Crippen LogP) is 2.65. The van der Waals surface area contributed by atoms with E-state index >= 15 is 0 Å². The van der Waals surface area contributed by atoms with E-state index in [9.17, 15) is 0 Å². The Bertz CT molecular complexity index is 313. The molecule has 1 aromatic rings. The minimum atomic E-state index is 0.464. The molecule has 1 aromatic heterocycles. The molecule has 0 aromatic carbocycles. The predicted molar refractivity (Wildman–Crippen MR) is 66.2 cm³/mol. The van der Waals surface area contributed by atoms with Gasteiger partial charge in [0.1, 0.15) is 0 Å². The molecular formula is C13H23N3. The second-order valence-electron chi connectivity index (χ2n) is 4.90. The van der Waals surface area contributed by atoms with E-state index in [0.717, 1.165) is 12.5 Å². The SMILES string of the molecule is CCNC(c1cn(C)cn1)C1CCCCC1. The van der Waals surface area contributed by atoms with E-state index in [-0.39, 0.29) is 0 Å². The fraction of sp³-hybridized carbons (Fsp3) is 0.769. The number of rotatable bonds is 4. The number of aromatic nitrogens is 2. The van der Waals surface area contributed by atoms with E-state index < -0.39 is 0 Å². The summed E-state index contributed by atoms with van der Waals surface area (Å²) < 4.78 is 2.04. The summed E-state index contributed by atoms with van der Waals surface area (Å²) in [5, 5.41) is 3.61. The Morgan fingerprint density at radius 3 is 2.75 bits per heavy atom. The van der Waals surface area contributed by atoms with E-state index in [1.807, 2.05) is 17.9 Å². The molecule has 1 unspecified atom stereocenters. The van der Waals surface area contributed by atoms with Crippen LogP contribution in [0.1, 0.15) is 50.8 Å². The molecule has 1 saturated carbocycles. The van der Waals surface area contributed by atoms with Crippen LogP contribution in [0.15, 0.2) is 12.5 Å². The molecule has 2 rings (SSSR count). The Morgan fingerprint density at radius 2 is 2.19 bits per heavy atom. The molecule has 1 atom stereocenters. The number of hydrogen-bond donors (Lipinski definition) is 1. The Labute approximate surface area is 98.3 Å². The molecule has 0 spiro atoms. The molecule has 16 heavy (non-hydrogen) atoms. The van der Waals surface area contributed by atoms with Crippen molar-refractivity contribution in [2.75, 3.05) is 6.54 Å². The lowest BCUT2D eigenvalue weighted by Crippen LogP contribution is -2.29. The molecule has 0 saturated heterocycles. The van der Waals surface area contributed by atoms with Crippen LogP contribution in [0.3, 0.4) is 0 Å². The quantitative estimate of drug-likeness (QED) is 0.847. The van der Waals surface area contributed by atoms with Gasteiger partial charge in [0.05, 0.1) is 18.1 Å². The lowest BCUT2D eigenvalue weighted by atomic mass is 9.83. The van der Waals surface area contributed by atoms with Crippen molar-refractivity contribution in [1.82, 2.24) is 14.9 Å². The fourth-order valence-corrected chi connectivity index (χ4v) is 2.79. The van der Waals surface area contributed by atoms with Gasteiger partial charge in [0.25, 0.3) is 0 Å². The average molecular weight is 221 g/mol. The first-order valence-electron chi connectivity index (χ1n) is 6.52. The normalized spacial score (nSPS) is 19.9. The van der Waals surface area contributed by atoms with Crippen LogP contribution in [0.4, 0.5) is 0 Å². The molecule has 3 nitrogen and oxygen atoms in total. The summed E-state index contributed by atoms with van der Waals surface area (Å²) in [4.78, 5) is 4.51. The van der Waals surface area contributed by atoms with Gasteiger partial charge in [-0.3, -0.25) is 0 Å². The number of imidazole rings is 1. The van der Waals surface area contributed by atoms with E-state index in [1.165, 1.54) is 37.8 Å². The molecular weight excluding hydrogens is 198 g/mol. The Morgan fingerprint density at radius 1 is 1.44 bits per heavy atom. The number of nitrogens with zero attached hydrogens (tertiary/aromatic N) is 2. The highest BCUT2D eigenvalue weighted by molar-refractivity contribution is 5.06. The smallest absolute Gasteiger partial charge is 0.0947 e. The molecule has 0 amide bonds. The molecule has 1 N–H and O–H groups in total. The van der Waals surface area contributed by atoms with Gasteiger partial charge in [0.15, 0.2) is 0 Å². The van der Waals surface area contributed by atoms with Gasteiger partial charge in [-0.15, -0.1) is 0 Å². The minimum absolute atomic E-state index is 0.464. The highest BCUT2D eigenvalue weighted by Gasteiger charge is 2.25. The van der Waals surface area contributed by atoms with Crippen molar-refractivity contribution in [3.05, 3.63) is 18.2 Å². The molecule has 0 radical (unpaired) electrons. The van der Waals surface area contributed by atoms with Crippen molar-refractivity contribution in [3.8, 4) is 0 Å². The monoisotopic (exact) mass is 221 g/mol. The molecule has 1 aliphatic rings. The standard InChI is InChI=1S/C13H23N3/c1-3-14-13(11-7-5-4-6-8-11)12-9-16(2)10-15-12/h9-11,13-14H,3-8H2,1-2H3. The van der Waals surface area contributed by atoms with Crippen LogP contribution >= 0.6 is 0 Å². The summed E-state index contributed by atoms with van der Waals surface area (Å²) in [7, 11) is 2.04. The Kier molecular flexibility index (Phi) is 3.99. The fourth-order valence-electron chi connectivity index (χ4n) is 2.79. The van der Waals surface area contributed by atoms with E-state index in [0.29, 0.717) is 6.04 Å². The van der Waals surface area contributed by atoms with Crippen LogP contribution in [0.2, 0.25) is 0 Å². The third-order valence-corrected chi connectivity index (χ3v) is 3.59. The first-order valence-corrected chi connectivity index (χ1v) is 6.52. The molecule has 1 heterocycles. The lowest BCUT2D eigenvalue weighted by molar-refractivity contribution is 0.271. The van der Waals surface area contributed by atoms with E-state index in [4.69, 9.17) is 0 Å². The second-order valence-corrected chi connectivity index (χ2v) is 4.90. The minimum Gasteiger partial charge on any atom is -0.340 e. The largest absolute Gasteiger partial charge is 0.340 e. The summed E-state index contributed by atoms with van der Waals surface area (Å²) in [6.45, 7) is 3.20. The summed E-state index contributed by atoms with van der Waals surface area (Å²) in [6.07, 6.45) is 11.0. The summed E-state index contributed by atoms with van der Waals surface area (Å²) in [5.74, 6) is 0.781. The molecule has 1 aliphatic carbocycles. The van der Waals surface area contributed by atoms with Crippen LogP contribution in [-0.2, 0) is 7.05 Å². The molecule has 0 aliphatic heterocycles. The highest BCUT2D eigenvalue weighted by atomic mass is 15.0. The van der Waals surface area contributed by atoms with Gasteiger partial charge < -0.3 is 9.88 Å². The van der Waals surface area contributed by atoms with Gasteiger partial charge in [-0.05, 0) is 25.3 Å². The van der Waals surface area contributed by atoms with Crippen molar-refractivity contribution in [2.45, 2.75) is 45.1 Å².